The van der Waals surface area contributed by atoms with Gasteiger partial charge < -0.3 is 4.90 Å². The Balaban J connectivity index is 1.87. The Morgan fingerprint density at radius 2 is 2.12 bits per heavy atom. The first kappa shape index (κ1) is 17.5. The number of fused-ring (bicyclic) bond motifs is 1. The second-order valence-corrected chi connectivity index (χ2v) is 7.85. The number of benzene rings is 1. The van der Waals surface area contributed by atoms with Crippen LogP contribution >= 0.6 is 11.8 Å². The molecular weight excluding hydrogens is 330 g/mol. The molecule has 0 saturated heterocycles. The molecule has 0 spiro atoms. The summed E-state index contributed by atoms with van der Waals surface area (Å²) in [5.41, 5.74) is 4.53. The number of amides is 1. The number of carbonyl (C=O) groups is 1. The fourth-order valence-corrected chi connectivity index (χ4v) is 4.41. The molecule has 1 aliphatic heterocycles. The molecule has 0 bridgehead atoms. The topological polar surface area (TPSA) is 57.0 Å². The van der Waals surface area contributed by atoms with Gasteiger partial charge in [0.15, 0.2) is 0 Å². The summed E-state index contributed by atoms with van der Waals surface area (Å²) in [4.78, 5) is 19.5. The van der Waals surface area contributed by atoms with Gasteiger partial charge in [0.1, 0.15) is 11.1 Å². The number of hydrogen-bond acceptors (Lipinski definition) is 4. The highest BCUT2D eigenvalue weighted by atomic mass is 32.2. The van der Waals surface area contributed by atoms with Gasteiger partial charge in [-0.15, -0.1) is 0 Å². The fourth-order valence-electron chi connectivity index (χ4n) is 3.34. The van der Waals surface area contributed by atoms with Crippen LogP contribution in [-0.4, -0.2) is 22.2 Å². The van der Waals surface area contributed by atoms with Crippen molar-refractivity contribution in [2.24, 2.45) is 0 Å². The largest absolute Gasteiger partial charge is 0.308 e. The Bertz CT molecular complexity index is 872. The number of hydrogen-bond donors (Lipinski definition) is 0. The average molecular weight is 351 g/mol. The number of para-hydroxylation sites is 1. The summed E-state index contributed by atoms with van der Waals surface area (Å²) in [6.45, 7) is 7.78. The molecule has 0 saturated carbocycles. The molecule has 0 aliphatic carbocycles. The van der Waals surface area contributed by atoms with Crippen LogP contribution in [0, 0.1) is 25.2 Å². The highest BCUT2D eigenvalue weighted by Gasteiger charge is 2.33. The Hall–Kier alpha value is -2.32. The van der Waals surface area contributed by atoms with Gasteiger partial charge in [-0.05, 0) is 57.4 Å². The Labute approximate surface area is 152 Å². The van der Waals surface area contributed by atoms with Crippen LogP contribution in [0.5, 0.6) is 0 Å². The first-order valence-corrected chi connectivity index (χ1v) is 9.26. The monoisotopic (exact) mass is 351 g/mol. The predicted molar refractivity (Wildman–Crippen MR) is 101 cm³/mol. The molecule has 2 unspecified atom stereocenters. The lowest BCUT2D eigenvalue weighted by Gasteiger charge is -2.26. The highest BCUT2D eigenvalue weighted by molar-refractivity contribution is 8.00. The van der Waals surface area contributed by atoms with Gasteiger partial charge in [0, 0.05) is 17.4 Å². The number of carbonyl (C=O) groups excluding carboxylic acids is 1. The van der Waals surface area contributed by atoms with Crippen LogP contribution in [0.2, 0.25) is 0 Å². The van der Waals surface area contributed by atoms with Crippen LogP contribution < -0.4 is 4.90 Å². The molecule has 0 N–H and O–H groups in total. The standard InChI is InChI=1S/C20H21N3OS/c1-12-9-13(2)22-19(17(12)11-21)25-15(4)20(24)23-14(3)10-16-7-5-6-8-18(16)23/h5-9,14-15H,10H2,1-4H3. The summed E-state index contributed by atoms with van der Waals surface area (Å²) in [5, 5.41) is 9.76. The maximum Gasteiger partial charge on any atom is 0.240 e. The van der Waals surface area contributed by atoms with Crippen molar-refractivity contribution in [3.63, 3.8) is 0 Å². The summed E-state index contributed by atoms with van der Waals surface area (Å²) in [6.07, 6.45) is 0.880. The number of anilines is 1. The predicted octanol–water partition coefficient (Wildman–Crippen LogP) is 4.03. The summed E-state index contributed by atoms with van der Waals surface area (Å²) < 4.78 is 0. The van der Waals surface area contributed by atoms with E-state index in [-0.39, 0.29) is 17.2 Å². The third-order valence-corrected chi connectivity index (χ3v) is 5.58. The van der Waals surface area contributed by atoms with E-state index in [0.717, 1.165) is 23.4 Å². The van der Waals surface area contributed by atoms with E-state index in [1.807, 2.05) is 49.9 Å². The number of nitriles is 1. The van der Waals surface area contributed by atoms with Crippen LogP contribution in [0.3, 0.4) is 0 Å². The normalized spacial score (nSPS) is 17.1. The third kappa shape index (κ3) is 3.27. The molecule has 2 heterocycles. The molecule has 2 atom stereocenters. The van der Waals surface area contributed by atoms with E-state index in [1.54, 1.807) is 0 Å². The maximum atomic E-state index is 13.1. The van der Waals surface area contributed by atoms with Crippen LogP contribution in [-0.2, 0) is 11.2 Å². The van der Waals surface area contributed by atoms with E-state index in [9.17, 15) is 10.1 Å². The second kappa shape index (κ2) is 6.89. The highest BCUT2D eigenvalue weighted by Crippen LogP contribution is 2.35. The van der Waals surface area contributed by atoms with Crippen molar-refractivity contribution < 1.29 is 4.79 Å². The fraction of sp³-hybridized carbons (Fsp3) is 0.350. The van der Waals surface area contributed by atoms with Crippen LogP contribution in [0.4, 0.5) is 5.69 Å². The second-order valence-electron chi connectivity index (χ2n) is 6.52. The Morgan fingerprint density at radius 3 is 2.84 bits per heavy atom. The third-order valence-electron chi connectivity index (χ3n) is 4.50. The number of pyridine rings is 1. The lowest BCUT2D eigenvalue weighted by atomic mass is 10.1. The molecule has 25 heavy (non-hydrogen) atoms. The van der Waals surface area contributed by atoms with E-state index in [4.69, 9.17) is 0 Å². The van der Waals surface area contributed by atoms with Gasteiger partial charge in [-0.25, -0.2) is 4.98 Å². The first-order valence-electron chi connectivity index (χ1n) is 8.38. The minimum atomic E-state index is -0.311. The van der Waals surface area contributed by atoms with Crippen molar-refractivity contribution in [1.82, 2.24) is 4.98 Å². The van der Waals surface area contributed by atoms with Gasteiger partial charge in [0.25, 0.3) is 0 Å². The number of rotatable bonds is 3. The van der Waals surface area contributed by atoms with E-state index < -0.39 is 0 Å². The number of thioether (sulfide) groups is 1. The van der Waals surface area contributed by atoms with Crippen molar-refractivity contribution in [2.75, 3.05) is 4.90 Å². The van der Waals surface area contributed by atoms with Gasteiger partial charge in [-0.1, -0.05) is 30.0 Å². The molecule has 2 aromatic rings. The lowest BCUT2D eigenvalue weighted by Crippen LogP contribution is -2.40. The number of nitrogens with zero attached hydrogens (tertiary/aromatic N) is 3. The zero-order valence-corrected chi connectivity index (χ0v) is 15.7. The van der Waals surface area contributed by atoms with Crippen molar-refractivity contribution in [1.29, 1.82) is 5.26 Å². The summed E-state index contributed by atoms with van der Waals surface area (Å²) in [5.74, 6) is 0.0623. The van der Waals surface area contributed by atoms with Gasteiger partial charge in [0.2, 0.25) is 5.91 Å². The average Bonchev–Trinajstić information content (AvgIpc) is 2.89. The number of aryl methyl sites for hydroxylation is 2. The van der Waals surface area contributed by atoms with Crippen molar-refractivity contribution >= 4 is 23.4 Å². The van der Waals surface area contributed by atoms with Crippen LogP contribution in [0.1, 0.15) is 36.2 Å². The number of aromatic nitrogens is 1. The smallest absolute Gasteiger partial charge is 0.240 e. The van der Waals surface area contributed by atoms with Gasteiger partial charge in [0.05, 0.1) is 10.8 Å². The molecule has 4 nitrogen and oxygen atoms in total. The van der Waals surface area contributed by atoms with Gasteiger partial charge >= 0.3 is 0 Å². The Kier molecular flexibility index (Phi) is 4.82. The molecule has 0 fully saturated rings. The summed E-state index contributed by atoms with van der Waals surface area (Å²) in [6, 6.07) is 12.3. The maximum absolute atomic E-state index is 13.1. The SMILES string of the molecule is Cc1cc(C)c(C#N)c(SC(C)C(=O)N2c3ccccc3CC2C)n1. The van der Waals surface area contributed by atoms with Crippen LogP contribution in [0.15, 0.2) is 35.4 Å². The minimum Gasteiger partial charge on any atom is -0.308 e. The molecule has 1 amide bonds. The van der Waals surface area contributed by atoms with Crippen LogP contribution in [0.25, 0.3) is 0 Å². The molecule has 0 radical (unpaired) electrons. The first-order chi connectivity index (χ1) is 11.9. The molecule has 5 heteroatoms. The minimum absolute atomic E-state index is 0.0623. The molecule has 3 rings (SSSR count). The van der Waals surface area contributed by atoms with Crippen molar-refractivity contribution in [3.8, 4) is 6.07 Å². The van der Waals surface area contributed by atoms with E-state index in [0.29, 0.717) is 10.6 Å². The molecule has 1 aromatic carbocycles. The molecule has 1 aliphatic rings. The Morgan fingerprint density at radius 1 is 1.40 bits per heavy atom. The lowest BCUT2D eigenvalue weighted by molar-refractivity contribution is -0.118. The quantitative estimate of drug-likeness (QED) is 0.784. The molecular formula is C20H21N3OS. The van der Waals surface area contributed by atoms with E-state index >= 15 is 0 Å². The zero-order valence-electron chi connectivity index (χ0n) is 14.9. The molecule has 1 aromatic heterocycles. The van der Waals surface area contributed by atoms with Crippen molar-refractivity contribution in [2.45, 2.75) is 50.4 Å². The van der Waals surface area contributed by atoms with Gasteiger partial charge in [-0.2, -0.15) is 5.26 Å². The van der Waals surface area contributed by atoms with E-state index in [2.05, 4.69) is 24.0 Å². The zero-order chi connectivity index (χ0) is 18.1. The van der Waals surface area contributed by atoms with Crippen molar-refractivity contribution in [3.05, 3.63) is 52.7 Å². The summed E-state index contributed by atoms with van der Waals surface area (Å²) in [7, 11) is 0. The summed E-state index contributed by atoms with van der Waals surface area (Å²) >= 11 is 1.37. The van der Waals surface area contributed by atoms with Gasteiger partial charge in [-0.3, -0.25) is 4.79 Å². The van der Waals surface area contributed by atoms with E-state index in [1.165, 1.54) is 17.3 Å². The molecule has 128 valence electrons.